The normalized spacial score (nSPS) is 31.2. The summed E-state index contributed by atoms with van der Waals surface area (Å²) in [5, 5.41) is 6.29. The molecule has 1 aliphatic carbocycles. The molecule has 10 heteroatoms. The summed E-state index contributed by atoms with van der Waals surface area (Å²) in [5.74, 6) is -1.10. The molecule has 3 aliphatic heterocycles. The first kappa shape index (κ1) is 32.3. The Morgan fingerprint density at radius 3 is 2.55 bits per heavy atom. The highest BCUT2D eigenvalue weighted by molar-refractivity contribution is 6.02. The first-order chi connectivity index (χ1) is 19.8. The van der Waals surface area contributed by atoms with Crippen molar-refractivity contribution in [1.82, 2.24) is 15.1 Å². The van der Waals surface area contributed by atoms with Gasteiger partial charge in [-0.05, 0) is 56.8 Å². The maximum atomic E-state index is 14.3. The molecule has 3 amide bonds. The highest BCUT2D eigenvalue weighted by Gasteiger charge is 2.72. The van der Waals surface area contributed by atoms with E-state index in [1.54, 1.807) is 30.2 Å². The van der Waals surface area contributed by atoms with Gasteiger partial charge in [-0.1, -0.05) is 51.8 Å². The van der Waals surface area contributed by atoms with Crippen LogP contribution in [0, 0.1) is 17.8 Å². The van der Waals surface area contributed by atoms with Crippen molar-refractivity contribution < 1.29 is 23.9 Å². The first-order valence-electron chi connectivity index (χ1n) is 15.5. The van der Waals surface area contributed by atoms with Gasteiger partial charge in [0.1, 0.15) is 17.4 Å². The Bertz CT molecular complexity index is 1160. The Balaban J connectivity index is 0.00000405. The van der Waals surface area contributed by atoms with Crippen molar-refractivity contribution in [3.63, 3.8) is 0 Å². The fourth-order valence-electron chi connectivity index (χ4n) is 7.44. The van der Waals surface area contributed by atoms with E-state index in [-0.39, 0.29) is 36.2 Å². The predicted molar refractivity (Wildman–Crippen MR) is 165 cm³/mol. The molecule has 0 aromatic heterocycles. The third-order valence-electron chi connectivity index (χ3n) is 9.44. The van der Waals surface area contributed by atoms with Crippen LogP contribution in [-0.2, 0) is 19.1 Å². The molecule has 7 atom stereocenters. The number of halogens is 1. The lowest BCUT2D eigenvalue weighted by atomic mass is 9.74. The standard InChI is InChI=1S/C32H46N4O5.ClH/c1-5-16-35(17-6-2)18-19-36-28(30(38)34-24-13-8-7-10-21(24)3)32-15-14-25(41-32)26(27(32)31(36)39)29(37)33-22-11-9-12-23(20-22)40-4;/h9,11-12,14-15,20-21,24-28H,5-8,10,13,16-19H2,1-4H3,(H,33,37)(H,34,38);1H/t21?,24?,25-,26?,27-,28?,32?;/m0./s1. The van der Waals surface area contributed by atoms with Crippen molar-refractivity contribution in [3.05, 3.63) is 36.4 Å². The van der Waals surface area contributed by atoms with Crippen LogP contribution in [0.2, 0.25) is 0 Å². The minimum absolute atomic E-state index is 0. The Morgan fingerprint density at radius 2 is 1.86 bits per heavy atom. The number of fused-ring (bicyclic) bond motifs is 1. The van der Waals surface area contributed by atoms with Gasteiger partial charge in [0.15, 0.2) is 0 Å². The van der Waals surface area contributed by atoms with Gasteiger partial charge in [0, 0.05) is 30.9 Å². The largest absolute Gasteiger partial charge is 0.497 e. The van der Waals surface area contributed by atoms with E-state index in [1.807, 2.05) is 18.2 Å². The lowest BCUT2D eigenvalue weighted by Crippen LogP contribution is -2.58. The van der Waals surface area contributed by atoms with Crippen molar-refractivity contribution >= 4 is 35.8 Å². The average molecular weight is 603 g/mol. The molecule has 0 radical (unpaired) electrons. The van der Waals surface area contributed by atoms with Crippen LogP contribution in [0.4, 0.5) is 5.69 Å². The topological polar surface area (TPSA) is 100 Å². The average Bonchev–Trinajstić information content (AvgIpc) is 3.60. The summed E-state index contributed by atoms with van der Waals surface area (Å²) >= 11 is 0. The number of methoxy groups -OCH3 is 1. The second-order valence-electron chi connectivity index (χ2n) is 12.2. The molecular formula is C32H47ClN4O5. The van der Waals surface area contributed by atoms with E-state index in [4.69, 9.17) is 9.47 Å². The van der Waals surface area contributed by atoms with Crippen LogP contribution in [0.15, 0.2) is 36.4 Å². The number of carbonyl (C=O) groups is 3. The zero-order valence-electron chi connectivity index (χ0n) is 25.3. The summed E-state index contributed by atoms with van der Waals surface area (Å²) in [5.41, 5.74) is -0.562. The number of anilines is 1. The second-order valence-corrected chi connectivity index (χ2v) is 12.2. The zero-order valence-corrected chi connectivity index (χ0v) is 26.2. The Morgan fingerprint density at radius 1 is 1.12 bits per heavy atom. The molecule has 1 saturated carbocycles. The highest BCUT2D eigenvalue weighted by Crippen LogP contribution is 2.55. The number of nitrogens with one attached hydrogen (secondary N) is 2. The second kappa shape index (κ2) is 13.8. The number of ether oxygens (including phenoxy) is 2. The molecule has 2 N–H and O–H groups in total. The summed E-state index contributed by atoms with van der Waals surface area (Å²) in [6, 6.07) is 6.42. The molecule has 232 valence electrons. The third-order valence-corrected chi connectivity index (χ3v) is 9.44. The highest BCUT2D eigenvalue weighted by atomic mass is 35.5. The number of nitrogens with zero attached hydrogens (tertiary/aromatic N) is 2. The van der Waals surface area contributed by atoms with E-state index in [2.05, 4.69) is 36.3 Å². The summed E-state index contributed by atoms with van der Waals surface area (Å²) in [4.78, 5) is 46.2. The maximum absolute atomic E-state index is 14.3. The van der Waals surface area contributed by atoms with Crippen LogP contribution in [0.1, 0.15) is 59.3 Å². The van der Waals surface area contributed by atoms with Crippen LogP contribution in [0.25, 0.3) is 0 Å². The predicted octanol–water partition coefficient (Wildman–Crippen LogP) is 4.02. The van der Waals surface area contributed by atoms with E-state index in [9.17, 15) is 14.4 Å². The monoisotopic (exact) mass is 602 g/mol. The van der Waals surface area contributed by atoms with E-state index >= 15 is 0 Å². The van der Waals surface area contributed by atoms with Gasteiger partial charge in [0.05, 0.1) is 25.0 Å². The van der Waals surface area contributed by atoms with E-state index in [0.717, 1.165) is 45.2 Å². The van der Waals surface area contributed by atoms with Crippen LogP contribution >= 0.6 is 12.4 Å². The van der Waals surface area contributed by atoms with Crippen molar-refractivity contribution in [2.24, 2.45) is 17.8 Å². The lowest BCUT2D eigenvalue weighted by Gasteiger charge is -2.36. The fraction of sp³-hybridized carbons (Fsp3) is 0.656. The summed E-state index contributed by atoms with van der Waals surface area (Å²) in [7, 11) is 1.58. The minimum Gasteiger partial charge on any atom is -0.497 e. The van der Waals surface area contributed by atoms with Gasteiger partial charge < -0.3 is 29.9 Å². The van der Waals surface area contributed by atoms with Gasteiger partial charge in [0.25, 0.3) is 0 Å². The minimum atomic E-state index is -1.15. The molecule has 3 fully saturated rings. The molecule has 42 heavy (non-hydrogen) atoms. The number of likely N-dealkylation sites (tertiary alicyclic amines) is 1. The molecule has 9 nitrogen and oxygen atoms in total. The van der Waals surface area contributed by atoms with E-state index in [1.165, 1.54) is 6.42 Å². The molecule has 2 saturated heterocycles. The number of hydrogen-bond acceptors (Lipinski definition) is 6. The molecule has 5 unspecified atom stereocenters. The maximum Gasteiger partial charge on any atom is 0.246 e. The number of carbonyl (C=O) groups excluding carboxylic acids is 3. The van der Waals surface area contributed by atoms with Gasteiger partial charge in [-0.15, -0.1) is 12.4 Å². The van der Waals surface area contributed by atoms with Crippen molar-refractivity contribution in [3.8, 4) is 5.75 Å². The molecule has 2 bridgehead atoms. The van der Waals surface area contributed by atoms with Crippen LogP contribution < -0.4 is 15.4 Å². The van der Waals surface area contributed by atoms with Gasteiger partial charge in [0.2, 0.25) is 17.7 Å². The van der Waals surface area contributed by atoms with E-state index in [0.29, 0.717) is 30.4 Å². The molecule has 3 heterocycles. The van der Waals surface area contributed by atoms with Gasteiger partial charge in [-0.2, -0.15) is 0 Å². The molecule has 1 aromatic rings. The van der Waals surface area contributed by atoms with Gasteiger partial charge in [-0.3, -0.25) is 14.4 Å². The smallest absolute Gasteiger partial charge is 0.246 e. The summed E-state index contributed by atoms with van der Waals surface area (Å²) < 4.78 is 11.8. The molecular weight excluding hydrogens is 556 g/mol. The summed E-state index contributed by atoms with van der Waals surface area (Å²) in [6.45, 7) is 9.45. The zero-order chi connectivity index (χ0) is 29.1. The Labute approximate surface area is 256 Å². The number of benzene rings is 1. The van der Waals surface area contributed by atoms with Gasteiger partial charge >= 0.3 is 0 Å². The van der Waals surface area contributed by atoms with Crippen LogP contribution in [0.5, 0.6) is 5.75 Å². The molecule has 1 spiro atoms. The molecule has 1 aromatic carbocycles. The van der Waals surface area contributed by atoms with Crippen LogP contribution in [0.3, 0.4) is 0 Å². The van der Waals surface area contributed by atoms with E-state index < -0.39 is 29.6 Å². The van der Waals surface area contributed by atoms with Crippen LogP contribution in [-0.4, -0.2) is 84.6 Å². The van der Waals surface area contributed by atoms with Crippen molar-refractivity contribution in [1.29, 1.82) is 0 Å². The number of hydrogen-bond donors (Lipinski definition) is 2. The lowest BCUT2D eigenvalue weighted by molar-refractivity contribution is -0.141. The van der Waals surface area contributed by atoms with Gasteiger partial charge in [-0.25, -0.2) is 0 Å². The fourth-order valence-corrected chi connectivity index (χ4v) is 7.44. The van der Waals surface area contributed by atoms with Crippen molar-refractivity contribution in [2.45, 2.75) is 83.1 Å². The SMILES string of the molecule is CCCN(CCC)CCN1C(=O)[C@@H]2C(C(=O)Nc3cccc(OC)c3)[C@@H]3C=CC2(O3)C1C(=O)NC1CCCCC1C.Cl. The summed E-state index contributed by atoms with van der Waals surface area (Å²) in [6.07, 6.45) is 9.52. The van der Waals surface area contributed by atoms with Crippen molar-refractivity contribution in [2.75, 3.05) is 38.6 Å². The number of rotatable bonds is 12. The Hall–Kier alpha value is -2.62. The Kier molecular flexibility index (Phi) is 10.6. The number of amides is 3. The first-order valence-corrected chi connectivity index (χ1v) is 15.5. The molecule has 4 aliphatic rings. The molecule has 5 rings (SSSR count). The third kappa shape index (κ3) is 6.06. The quantitative estimate of drug-likeness (QED) is 0.351.